The van der Waals surface area contributed by atoms with Crippen LogP contribution in [0.4, 0.5) is 32.0 Å². The number of aromatic nitrogens is 1. The van der Waals surface area contributed by atoms with Gasteiger partial charge in [0.1, 0.15) is 5.01 Å². The highest BCUT2D eigenvalue weighted by molar-refractivity contribution is 8.01. The first-order valence-electron chi connectivity index (χ1n) is 9.21. The Balaban J connectivity index is 1.78. The predicted molar refractivity (Wildman–Crippen MR) is 109 cm³/mol. The molecule has 0 radical (unpaired) electrons. The van der Waals surface area contributed by atoms with Crippen molar-refractivity contribution in [1.82, 2.24) is 4.98 Å². The zero-order valence-corrected chi connectivity index (χ0v) is 17.8. The number of carbonyl (C=O) groups excluding carboxylic acids is 1. The van der Waals surface area contributed by atoms with Gasteiger partial charge in [-0.25, -0.2) is 4.98 Å². The number of benzene rings is 2. The molecule has 0 spiro atoms. The Hall–Kier alpha value is -2.80. The minimum absolute atomic E-state index is 0.0149. The van der Waals surface area contributed by atoms with E-state index in [4.69, 9.17) is 5.11 Å². The number of carboxylic acid groups (broad SMARTS) is 1. The number of para-hydroxylation sites is 1. The first-order chi connectivity index (χ1) is 15.3. The molecule has 174 valence electrons. The molecule has 1 aliphatic heterocycles. The van der Waals surface area contributed by atoms with E-state index in [-0.39, 0.29) is 17.6 Å². The Kier molecular flexibility index (Phi) is 5.81. The van der Waals surface area contributed by atoms with E-state index in [1.165, 1.54) is 4.90 Å². The van der Waals surface area contributed by atoms with Crippen LogP contribution in [0.1, 0.15) is 22.6 Å². The Morgan fingerprint density at radius 2 is 1.79 bits per heavy atom. The van der Waals surface area contributed by atoms with Crippen LogP contribution >= 0.6 is 23.1 Å². The topological polar surface area (TPSA) is 70.5 Å². The van der Waals surface area contributed by atoms with Crippen LogP contribution in [0.2, 0.25) is 0 Å². The monoisotopic (exact) mass is 506 g/mol. The SMILES string of the molecule is O=C(O)CC1Sc2ccccc2N(Cc2nc3cc(C(F)(F)F)cc(C(F)(F)F)c3s2)C1=O. The lowest BCUT2D eigenvalue weighted by atomic mass is 10.1. The molecule has 0 saturated carbocycles. The molecule has 1 aromatic heterocycles. The second-order valence-electron chi connectivity index (χ2n) is 7.07. The minimum atomic E-state index is -5.04. The van der Waals surface area contributed by atoms with E-state index in [1.54, 1.807) is 24.3 Å². The van der Waals surface area contributed by atoms with E-state index >= 15 is 0 Å². The van der Waals surface area contributed by atoms with E-state index in [0.717, 1.165) is 11.8 Å². The van der Waals surface area contributed by atoms with Crippen molar-refractivity contribution in [3.8, 4) is 0 Å². The van der Waals surface area contributed by atoms with Gasteiger partial charge in [-0.05, 0) is 24.3 Å². The fourth-order valence-corrected chi connectivity index (χ4v) is 5.67. The Morgan fingerprint density at radius 3 is 2.42 bits per heavy atom. The fourth-order valence-electron chi connectivity index (χ4n) is 3.38. The number of carboxylic acids is 1. The molecule has 0 aliphatic carbocycles. The number of hydrogen-bond acceptors (Lipinski definition) is 5. The van der Waals surface area contributed by atoms with Crippen LogP contribution < -0.4 is 4.90 Å². The lowest BCUT2D eigenvalue weighted by molar-refractivity contribution is -0.142. The van der Waals surface area contributed by atoms with Gasteiger partial charge < -0.3 is 10.0 Å². The molecule has 3 aromatic rings. The maximum Gasteiger partial charge on any atom is 0.417 e. The van der Waals surface area contributed by atoms with Crippen molar-refractivity contribution in [2.45, 2.75) is 35.5 Å². The van der Waals surface area contributed by atoms with Crippen LogP contribution in [0, 0.1) is 0 Å². The van der Waals surface area contributed by atoms with Crippen LogP contribution in [0.3, 0.4) is 0 Å². The second-order valence-corrected chi connectivity index (χ2v) is 9.40. The number of thiazole rings is 1. The third-order valence-corrected chi connectivity index (χ3v) is 7.13. The van der Waals surface area contributed by atoms with E-state index in [9.17, 15) is 35.9 Å². The molecule has 2 aromatic carbocycles. The molecule has 1 amide bonds. The first kappa shape index (κ1) is 23.4. The lowest BCUT2D eigenvalue weighted by Gasteiger charge is -2.32. The first-order valence-corrected chi connectivity index (χ1v) is 10.9. The predicted octanol–water partition coefficient (Wildman–Crippen LogP) is 5.82. The quantitative estimate of drug-likeness (QED) is 0.452. The van der Waals surface area contributed by atoms with Gasteiger partial charge in [0.15, 0.2) is 0 Å². The molecule has 0 bridgehead atoms. The fraction of sp³-hybridized carbons (Fsp3) is 0.250. The van der Waals surface area contributed by atoms with Gasteiger partial charge in [-0.2, -0.15) is 26.3 Å². The standard InChI is InChI=1S/C20H12F6N2O3S2/c21-19(22,23)9-5-10(20(24,25)26)17-11(6-9)27-15(33-17)8-28-12-3-1-2-4-13(12)32-14(18(28)31)7-16(29)30/h1-6,14H,7-8H2,(H,29,30). The third-order valence-electron chi connectivity index (χ3n) is 4.79. The number of anilines is 1. The number of halogens is 6. The minimum Gasteiger partial charge on any atom is -0.481 e. The number of fused-ring (bicyclic) bond motifs is 2. The van der Waals surface area contributed by atoms with E-state index in [1.807, 2.05) is 0 Å². The molecule has 1 aliphatic rings. The molecule has 1 atom stereocenters. The molecule has 2 heterocycles. The molecule has 0 fully saturated rings. The number of carbonyl (C=O) groups is 2. The van der Waals surface area contributed by atoms with Gasteiger partial charge in [0.25, 0.3) is 0 Å². The van der Waals surface area contributed by atoms with Crippen molar-refractivity contribution in [2.24, 2.45) is 0 Å². The van der Waals surface area contributed by atoms with Crippen molar-refractivity contribution in [2.75, 3.05) is 4.90 Å². The zero-order chi connectivity index (χ0) is 24.1. The summed E-state index contributed by atoms with van der Waals surface area (Å²) >= 11 is 1.60. The maximum atomic E-state index is 13.5. The second kappa shape index (κ2) is 8.20. The van der Waals surface area contributed by atoms with Crippen LogP contribution in [0.25, 0.3) is 10.2 Å². The van der Waals surface area contributed by atoms with Gasteiger partial charge in [-0.15, -0.1) is 23.1 Å². The number of amides is 1. The van der Waals surface area contributed by atoms with Crippen LogP contribution in [-0.2, 0) is 28.5 Å². The number of thioether (sulfide) groups is 1. The highest BCUT2D eigenvalue weighted by Gasteiger charge is 2.40. The summed E-state index contributed by atoms with van der Waals surface area (Å²) < 4.78 is 79.3. The summed E-state index contributed by atoms with van der Waals surface area (Å²) in [6.45, 7) is -0.315. The summed E-state index contributed by atoms with van der Waals surface area (Å²) in [5.41, 5.74) is -3.00. The summed E-state index contributed by atoms with van der Waals surface area (Å²) in [5.74, 6) is -1.78. The zero-order valence-electron chi connectivity index (χ0n) is 16.2. The van der Waals surface area contributed by atoms with Gasteiger partial charge in [0, 0.05) is 4.90 Å². The van der Waals surface area contributed by atoms with Crippen LogP contribution in [-0.4, -0.2) is 27.2 Å². The van der Waals surface area contributed by atoms with Gasteiger partial charge in [-0.3, -0.25) is 9.59 Å². The Bertz CT molecular complexity index is 1250. The molecule has 1 N–H and O–H groups in total. The van der Waals surface area contributed by atoms with Crippen LogP contribution in [0.5, 0.6) is 0 Å². The van der Waals surface area contributed by atoms with Crippen LogP contribution in [0.15, 0.2) is 41.3 Å². The molecule has 0 saturated heterocycles. The molecule has 33 heavy (non-hydrogen) atoms. The molecule has 1 unspecified atom stereocenters. The highest BCUT2D eigenvalue weighted by Crippen LogP contribution is 2.44. The number of nitrogens with zero attached hydrogens (tertiary/aromatic N) is 2. The normalized spacial score (nSPS) is 16.8. The Labute approximate surface area is 190 Å². The van der Waals surface area contributed by atoms with E-state index < -0.39 is 57.2 Å². The Morgan fingerprint density at radius 1 is 1.09 bits per heavy atom. The number of alkyl halides is 6. The van der Waals surface area contributed by atoms with Gasteiger partial charge in [0.2, 0.25) is 5.91 Å². The third kappa shape index (κ3) is 4.64. The van der Waals surface area contributed by atoms with Crippen molar-refractivity contribution >= 4 is 50.9 Å². The van der Waals surface area contributed by atoms with Gasteiger partial charge in [0.05, 0.1) is 45.2 Å². The van der Waals surface area contributed by atoms with Gasteiger partial charge >= 0.3 is 18.3 Å². The van der Waals surface area contributed by atoms with Crippen molar-refractivity contribution in [3.05, 3.63) is 52.5 Å². The average Bonchev–Trinajstić information content (AvgIpc) is 3.11. The molecular formula is C20H12F6N2O3S2. The summed E-state index contributed by atoms with van der Waals surface area (Å²) in [6, 6.07) is 7.17. The summed E-state index contributed by atoms with van der Waals surface area (Å²) in [7, 11) is 0. The largest absolute Gasteiger partial charge is 0.481 e. The summed E-state index contributed by atoms with van der Waals surface area (Å²) in [4.78, 5) is 29.9. The van der Waals surface area contributed by atoms with Crippen molar-refractivity contribution < 1.29 is 41.0 Å². The molecule has 4 rings (SSSR count). The molecule has 13 heteroatoms. The van der Waals surface area contributed by atoms with E-state index in [2.05, 4.69) is 4.98 Å². The number of rotatable bonds is 4. The maximum absolute atomic E-state index is 13.5. The molecular weight excluding hydrogens is 494 g/mol. The summed E-state index contributed by atoms with van der Waals surface area (Å²) in [5, 5.41) is 8.13. The van der Waals surface area contributed by atoms with Crippen molar-refractivity contribution in [1.29, 1.82) is 0 Å². The summed E-state index contributed by atoms with van der Waals surface area (Å²) in [6.07, 6.45) is -10.5. The number of aliphatic carboxylic acids is 1. The van der Waals surface area contributed by atoms with Crippen molar-refractivity contribution in [3.63, 3.8) is 0 Å². The smallest absolute Gasteiger partial charge is 0.417 e. The lowest BCUT2D eigenvalue weighted by Crippen LogP contribution is -2.41. The number of hydrogen-bond donors (Lipinski definition) is 1. The molecule has 5 nitrogen and oxygen atoms in total. The van der Waals surface area contributed by atoms with E-state index in [0.29, 0.717) is 28.0 Å². The average molecular weight is 506 g/mol. The van der Waals surface area contributed by atoms with Gasteiger partial charge in [-0.1, -0.05) is 12.1 Å². The highest BCUT2D eigenvalue weighted by atomic mass is 32.2.